The number of nitrogens with one attached hydrogen (secondary N) is 1. The number of carbonyl (C=O) groups is 3. The topological polar surface area (TPSA) is 81.7 Å². The van der Waals surface area contributed by atoms with Crippen molar-refractivity contribution in [3.63, 3.8) is 0 Å². The molecule has 0 aromatic heterocycles. The number of benzene rings is 1. The van der Waals surface area contributed by atoms with Crippen molar-refractivity contribution in [3.05, 3.63) is 27.7 Å². The molecule has 25 heavy (non-hydrogen) atoms. The fraction of sp³-hybridized carbons (Fsp3) is 0.471. The third-order valence-electron chi connectivity index (χ3n) is 5.30. The zero-order valence-corrected chi connectivity index (χ0v) is 15.4. The summed E-state index contributed by atoms with van der Waals surface area (Å²) in [5.41, 5.74) is 0.511. The number of ether oxygens (including phenoxy) is 2. The van der Waals surface area contributed by atoms with Crippen LogP contribution in [0.15, 0.2) is 22.7 Å². The Morgan fingerprint density at radius 3 is 2.92 bits per heavy atom. The largest absolute Gasteiger partial charge is 0.462 e. The molecular weight excluding hydrogens is 414 g/mol. The smallest absolute Gasteiger partial charge is 0.310 e. The Morgan fingerprint density at radius 2 is 2.16 bits per heavy atom. The summed E-state index contributed by atoms with van der Waals surface area (Å²) in [4.78, 5) is 36.3. The van der Waals surface area contributed by atoms with E-state index in [-0.39, 0.29) is 23.9 Å². The van der Waals surface area contributed by atoms with E-state index in [1.807, 2.05) is 0 Å². The average molecular weight is 429 g/mol. The van der Waals surface area contributed by atoms with Gasteiger partial charge in [0.05, 0.1) is 16.9 Å². The minimum Gasteiger partial charge on any atom is -0.462 e. The summed E-state index contributed by atoms with van der Waals surface area (Å²) in [6, 6.07) is 4.98. The van der Waals surface area contributed by atoms with E-state index in [9.17, 15) is 14.4 Å². The molecule has 6 nitrogen and oxygen atoms in total. The summed E-state index contributed by atoms with van der Waals surface area (Å²) >= 11 is 9.24. The van der Waals surface area contributed by atoms with E-state index in [0.29, 0.717) is 10.7 Å². The van der Waals surface area contributed by atoms with E-state index in [2.05, 4.69) is 21.2 Å². The number of halogens is 2. The molecule has 0 spiro atoms. The van der Waals surface area contributed by atoms with Crippen molar-refractivity contribution < 1.29 is 23.9 Å². The molecule has 1 saturated heterocycles. The number of hydrogen-bond acceptors (Lipinski definition) is 5. The van der Waals surface area contributed by atoms with Gasteiger partial charge >= 0.3 is 11.9 Å². The van der Waals surface area contributed by atoms with Crippen LogP contribution in [0.4, 0.5) is 5.69 Å². The predicted octanol–water partition coefficient (Wildman–Crippen LogP) is 2.78. The Balaban J connectivity index is 1.34. The number of carbonyl (C=O) groups excluding carboxylic acids is 3. The lowest BCUT2D eigenvalue weighted by atomic mass is 9.80. The maximum atomic E-state index is 12.4. The molecule has 5 atom stereocenters. The lowest BCUT2D eigenvalue weighted by Crippen LogP contribution is -2.34. The molecule has 8 heteroatoms. The van der Waals surface area contributed by atoms with Crippen molar-refractivity contribution in [1.82, 2.24) is 0 Å². The molecule has 132 valence electrons. The molecule has 1 heterocycles. The molecule has 1 aromatic rings. The minimum atomic E-state index is -0.487. The highest BCUT2D eigenvalue weighted by molar-refractivity contribution is 9.10. The first kappa shape index (κ1) is 16.8. The Kier molecular flexibility index (Phi) is 4.24. The van der Waals surface area contributed by atoms with E-state index in [0.717, 1.165) is 17.3 Å². The predicted molar refractivity (Wildman–Crippen MR) is 91.8 cm³/mol. The third-order valence-corrected chi connectivity index (χ3v) is 6.54. The summed E-state index contributed by atoms with van der Waals surface area (Å²) in [6.07, 6.45) is 1.51. The zero-order valence-electron chi connectivity index (χ0n) is 13.0. The van der Waals surface area contributed by atoms with Crippen LogP contribution in [0.3, 0.4) is 0 Å². The number of fused-ring (bicyclic) bond motifs is 1. The van der Waals surface area contributed by atoms with Crippen molar-refractivity contribution in [2.24, 2.45) is 23.7 Å². The molecule has 1 amide bonds. The van der Waals surface area contributed by atoms with E-state index >= 15 is 0 Å². The van der Waals surface area contributed by atoms with Crippen LogP contribution in [0.25, 0.3) is 0 Å². The quantitative estimate of drug-likeness (QED) is 0.746. The molecular formula is C17H15BrClNO5. The van der Waals surface area contributed by atoms with Gasteiger partial charge in [0.2, 0.25) is 0 Å². The van der Waals surface area contributed by atoms with Crippen LogP contribution in [0, 0.1) is 23.7 Å². The molecule has 4 rings (SSSR count). The van der Waals surface area contributed by atoms with Crippen LogP contribution >= 0.6 is 27.5 Å². The lowest BCUT2D eigenvalue weighted by Gasteiger charge is -2.22. The van der Waals surface area contributed by atoms with Gasteiger partial charge in [-0.25, -0.2) is 0 Å². The molecule has 2 bridgehead atoms. The van der Waals surface area contributed by atoms with E-state index < -0.39 is 30.3 Å². The summed E-state index contributed by atoms with van der Waals surface area (Å²) in [5.74, 6) is -1.87. The SMILES string of the molecule is O=C(COC(=O)[C@@H]1[C@@H]2C[C@@H]3[C@H]1C(=O)O[C@H]3C2)Nc1ccc(Br)c(Cl)c1. The number of hydrogen-bond donors (Lipinski definition) is 1. The lowest BCUT2D eigenvalue weighted by molar-refractivity contribution is -0.157. The van der Waals surface area contributed by atoms with Gasteiger partial charge in [0.15, 0.2) is 6.61 Å². The summed E-state index contributed by atoms with van der Waals surface area (Å²) in [7, 11) is 0. The third kappa shape index (κ3) is 2.93. The first-order valence-electron chi connectivity index (χ1n) is 8.06. The van der Waals surface area contributed by atoms with Gasteiger partial charge in [-0.05, 0) is 52.9 Å². The molecule has 3 fully saturated rings. The van der Waals surface area contributed by atoms with Gasteiger partial charge in [-0.3, -0.25) is 14.4 Å². The van der Waals surface area contributed by atoms with Crippen LogP contribution in [0.1, 0.15) is 12.8 Å². The molecule has 3 aliphatic rings. The monoisotopic (exact) mass is 427 g/mol. The Hall–Kier alpha value is -1.60. The van der Waals surface area contributed by atoms with Crippen molar-refractivity contribution in [2.45, 2.75) is 18.9 Å². The number of amides is 1. The highest BCUT2D eigenvalue weighted by Crippen LogP contribution is 2.57. The first-order chi connectivity index (χ1) is 11.9. The maximum Gasteiger partial charge on any atom is 0.310 e. The Morgan fingerprint density at radius 1 is 1.36 bits per heavy atom. The van der Waals surface area contributed by atoms with Crippen LogP contribution in [0.5, 0.6) is 0 Å². The second-order valence-electron chi connectivity index (χ2n) is 6.71. The highest BCUT2D eigenvalue weighted by atomic mass is 79.9. The molecule has 1 N–H and O–H groups in total. The van der Waals surface area contributed by atoms with Gasteiger partial charge < -0.3 is 14.8 Å². The summed E-state index contributed by atoms with van der Waals surface area (Å²) in [5, 5.41) is 3.08. The molecule has 1 aliphatic heterocycles. The van der Waals surface area contributed by atoms with Crippen molar-refractivity contribution in [1.29, 1.82) is 0 Å². The Bertz CT molecular complexity index is 767. The van der Waals surface area contributed by atoms with Crippen LogP contribution in [0.2, 0.25) is 5.02 Å². The number of rotatable bonds is 4. The minimum absolute atomic E-state index is 0.0306. The highest BCUT2D eigenvalue weighted by Gasteiger charge is 2.64. The standard InChI is InChI=1S/C17H15BrClNO5/c18-10-2-1-8(5-11(10)19)20-13(21)6-24-16(22)14-7-3-9-12(4-7)25-17(23)15(9)14/h1-2,5,7,9,12,14-15H,3-4,6H2,(H,20,21)/t7-,9+,12+,14-,15-/m1/s1. The zero-order chi connectivity index (χ0) is 17.7. The fourth-order valence-corrected chi connectivity index (χ4v) is 4.76. The van der Waals surface area contributed by atoms with Crippen LogP contribution in [-0.2, 0) is 23.9 Å². The van der Waals surface area contributed by atoms with Crippen molar-refractivity contribution in [2.75, 3.05) is 11.9 Å². The average Bonchev–Trinajstić information content (AvgIpc) is 3.18. The van der Waals surface area contributed by atoms with E-state index in [4.69, 9.17) is 21.1 Å². The van der Waals surface area contributed by atoms with Gasteiger partial charge in [0.1, 0.15) is 6.10 Å². The molecule has 2 saturated carbocycles. The fourth-order valence-electron chi connectivity index (χ4n) is 4.33. The van der Waals surface area contributed by atoms with Gasteiger partial charge in [0.25, 0.3) is 5.91 Å². The molecule has 0 radical (unpaired) electrons. The second-order valence-corrected chi connectivity index (χ2v) is 7.97. The van der Waals surface area contributed by atoms with Gasteiger partial charge in [-0.1, -0.05) is 11.6 Å². The molecule has 1 aromatic carbocycles. The summed E-state index contributed by atoms with van der Waals surface area (Å²) < 4.78 is 11.2. The van der Waals surface area contributed by atoms with Crippen LogP contribution < -0.4 is 5.32 Å². The van der Waals surface area contributed by atoms with Crippen LogP contribution in [-0.4, -0.2) is 30.6 Å². The molecule has 2 aliphatic carbocycles. The number of anilines is 1. The normalized spacial score (nSPS) is 31.8. The van der Waals surface area contributed by atoms with E-state index in [1.165, 1.54) is 0 Å². The maximum absolute atomic E-state index is 12.4. The van der Waals surface area contributed by atoms with Crippen molar-refractivity contribution in [3.8, 4) is 0 Å². The number of esters is 2. The first-order valence-corrected chi connectivity index (χ1v) is 9.23. The van der Waals surface area contributed by atoms with Gasteiger partial charge in [-0.15, -0.1) is 0 Å². The van der Waals surface area contributed by atoms with Gasteiger partial charge in [0, 0.05) is 16.1 Å². The molecule has 0 unspecified atom stereocenters. The van der Waals surface area contributed by atoms with Crippen molar-refractivity contribution >= 4 is 51.1 Å². The second kappa shape index (κ2) is 6.29. The summed E-state index contributed by atoms with van der Waals surface area (Å²) in [6.45, 7) is -0.397. The Labute approximate surface area is 157 Å². The van der Waals surface area contributed by atoms with E-state index in [1.54, 1.807) is 18.2 Å². The van der Waals surface area contributed by atoms with Gasteiger partial charge in [-0.2, -0.15) is 0 Å².